The molecular weight excluding hydrogens is 406 g/mol. The summed E-state index contributed by atoms with van der Waals surface area (Å²) in [4.78, 5) is 37.5. The second-order valence-corrected chi connectivity index (χ2v) is 7.47. The molecule has 0 fully saturated rings. The third-order valence-corrected chi connectivity index (χ3v) is 5.16. The van der Waals surface area contributed by atoms with Gasteiger partial charge in [0.25, 0.3) is 5.91 Å². The van der Waals surface area contributed by atoms with Crippen LogP contribution in [0.1, 0.15) is 30.6 Å². The molecule has 0 aliphatic carbocycles. The van der Waals surface area contributed by atoms with Gasteiger partial charge in [-0.05, 0) is 48.4 Å². The number of aromatic nitrogens is 2. The summed E-state index contributed by atoms with van der Waals surface area (Å²) in [6.45, 7) is 3.63. The molecular formula is C24H27N5O3. The summed E-state index contributed by atoms with van der Waals surface area (Å²) >= 11 is 0. The third-order valence-electron chi connectivity index (χ3n) is 5.16. The Morgan fingerprint density at radius 3 is 2.34 bits per heavy atom. The lowest BCUT2D eigenvalue weighted by Gasteiger charge is -2.23. The zero-order valence-electron chi connectivity index (χ0n) is 18.1. The zero-order valence-corrected chi connectivity index (χ0v) is 18.1. The van der Waals surface area contributed by atoms with Crippen molar-refractivity contribution in [2.45, 2.75) is 26.3 Å². The average molecular weight is 434 g/mol. The molecule has 1 heterocycles. The minimum Gasteiger partial charge on any atom is -0.345 e. The van der Waals surface area contributed by atoms with Gasteiger partial charge < -0.3 is 16.0 Å². The van der Waals surface area contributed by atoms with Gasteiger partial charge >= 0.3 is 0 Å². The number of hydrogen-bond donors (Lipinski definition) is 3. The van der Waals surface area contributed by atoms with E-state index < -0.39 is 11.9 Å². The Bertz CT molecular complexity index is 1030. The van der Waals surface area contributed by atoms with E-state index >= 15 is 0 Å². The molecule has 8 heteroatoms. The Morgan fingerprint density at radius 2 is 1.72 bits per heavy atom. The van der Waals surface area contributed by atoms with Gasteiger partial charge in [-0.3, -0.25) is 14.4 Å². The molecule has 0 spiro atoms. The second kappa shape index (κ2) is 10.9. The Hall–Kier alpha value is -3.94. The standard InChI is InChI=1S/C24H27N5O3/c1-3-17(2)22(28-23(31)18-8-5-4-6-9-18)24(32)25-16-21(30)27-19-10-12-20(13-11-19)29-15-7-14-26-29/h4-15,17,22H,3,16H2,1-2H3,(H,25,32)(H,27,30)(H,28,31). The maximum Gasteiger partial charge on any atom is 0.251 e. The molecule has 2 unspecified atom stereocenters. The van der Waals surface area contributed by atoms with Crippen LogP contribution in [-0.2, 0) is 9.59 Å². The Labute approximate surface area is 187 Å². The number of carbonyl (C=O) groups is 3. The van der Waals surface area contributed by atoms with Crippen LogP contribution >= 0.6 is 0 Å². The number of amides is 3. The van der Waals surface area contributed by atoms with Crippen molar-refractivity contribution in [1.29, 1.82) is 0 Å². The second-order valence-electron chi connectivity index (χ2n) is 7.47. The van der Waals surface area contributed by atoms with Crippen molar-refractivity contribution < 1.29 is 14.4 Å². The van der Waals surface area contributed by atoms with E-state index in [1.807, 2.05) is 44.3 Å². The molecule has 0 saturated carbocycles. The van der Waals surface area contributed by atoms with Gasteiger partial charge in [-0.15, -0.1) is 0 Å². The Balaban J connectivity index is 1.54. The molecule has 0 aliphatic heterocycles. The monoisotopic (exact) mass is 433 g/mol. The fourth-order valence-electron chi connectivity index (χ4n) is 3.12. The number of carbonyl (C=O) groups excluding carboxylic acids is 3. The number of hydrogen-bond acceptors (Lipinski definition) is 4. The summed E-state index contributed by atoms with van der Waals surface area (Å²) in [6.07, 6.45) is 4.21. The minimum atomic E-state index is -0.742. The molecule has 0 aliphatic rings. The Morgan fingerprint density at radius 1 is 1.00 bits per heavy atom. The Kier molecular flexibility index (Phi) is 7.75. The van der Waals surface area contributed by atoms with E-state index in [1.54, 1.807) is 47.3 Å². The van der Waals surface area contributed by atoms with Gasteiger partial charge in [0.15, 0.2) is 0 Å². The molecule has 0 radical (unpaired) electrons. The normalized spacial score (nSPS) is 12.4. The van der Waals surface area contributed by atoms with E-state index in [9.17, 15) is 14.4 Å². The van der Waals surface area contributed by atoms with Gasteiger partial charge in [-0.2, -0.15) is 5.10 Å². The largest absolute Gasteiger partial charge is 0.345 e. The molecule has 0 bridgehead atoms. The van der Waals surface area contributed by atoms with Gasteiger partial charge in [-0.25, -0.2) is 4.68 Å². The lowest BCUT2D eigenvalue weighted by atomic mass is 9.98. The summed E-state index contributed by atoms with van der Waals surface area (Å²) in [5, 5.41) is 12.3. The van der Waals surface area contributed by atoms with E-state index in [1.165, 1.54) is 0 Å². The van der Waals surface area contributed by atoms with E-state index in [0.29, 0.717) is 17.7 Å². The maximum atomic E-state index is 12.7. The smallest absolute Gasteiger partial charge is 0.251 e. The van der Waals surface area contributed by atoms with Crippen molar-refractivity contribution in [2.24, 2.45) is 5.92 Å². The topological polar surface area (TPSA) is 105 Å². The predicted octanol–water partition coefficient (Wildman–Crippen LogP) is 2.77. The van der Waals surface area contributed by atoms with Crippen LogP contribution in [0.4, 0.5) is 5.69 Å². The van der Waals surface area contributed by atoms with Crippen molar-refractivity contribution in [3.63, 3.8) is 0 Å². The van der Waals surface area contributed by atoms with Crippen LogP contribution in [0.5, 0.6) is 0 Å². The molecule has 2 aromatic carbocycles. The highest BCUT2D eigenvalue weighted by atomic mass is 16.2. The number of rotatable bonds is 9. The zero-order chi connectivity index (χ0) is 22.9. The lowest BCUT2D eigenvalue weighted by molar-refractivity contribution is -0.126. The fraction of sp³-hybridized carbons (Fsp3) is 0.250. The first-order valence-corrected chi connectivity index (χ1v) is 10.5. The number of benzene rings is 2. The van der Waals surface area contributed by atoms with Gasteiger partial charge in [-0.1, -0.05) is 38.5 Å². The van der Waals surface area contributed by atoms with Crippen molar-refractivity contribution in [2.75, 3.05) is 11.9 Å². The first-order valence-electron chi connectivity index (χ1n) is 10.5. The van der Waals surface area contributed by atoms with Crippen molar-refractivity contribution in [1.82, 2.24) is 20.4 Å². The molecule has 1 aromatic heterocycles. The van der Waals surface area contributed by atoms with Crippen molar-refractivity contribution in [3.8, 4) is 5.69 Å². The first-order chi connectivity index (χ1) is 15.5. The van der Waals surface area contributed by atoms with Crippen LogP contribution in [0.2, 0.25) is 0 Å². The predicted molar refractivity (Wildman–Crippen MR) is 122 cm³/mol. The van der Waals surface area contributed by atoms with Crippen LogP contribution < -0.4 is 16.0 Å². The van der Waals surface area contributed by atoms with E-state index in [-0.39, 0.29) is 24.3 Å². The van der Waals surface area contributed by atoms with Gasteiger partial charge in [0, 0.05) is 23.6 Å². The molecule has 2 atom stereocenters. The number of nitrogens with zero attached hydrogens (tertiary/aromatic N) is 2. The van der Waals surface area contributed by atoms with E-state index in [2.05, 4.69) is 21.0 Å². The highest BCUT2D eigenvalue weighted by Crippen LogP contribution is 2.13. The van der Waals surface area contributed by atoms with E-state index in [0.717, 1.165) is 5.69 Å². The summed E-state index contributed by atoms with van der Waals surface area (Å²) < 4.78 is 1.71. The van der Waals surface area contributed by atoms with Crippen LogP contribution in [0.25, 0.3) is 5.69 Å². The molecule has 8 nitrogen and oxygen atoms in total. The van der Waals surface area contributed by atoms with Crippen LogP contribution in [0, 0.1) is 5.92 Å². The first kappa shape index (κ1) is 22.7. The van der Waals surface area contributed by atoms with Crippen LogP contribution in [-0.4, -0.2) is 40.1 Å². The molecule has 3 N–H and O–H groups in total. The highest BCUT2D eigenvalue weighted by molar-refractivity contribution is 5.99. The summed E-state index contributed by atoms with van der Waals surface area (Å²) in [6, 6.07) is 17.0. The molecule has 3 aromatic rings. The van der Waals surface area contributed by atoms with Gasteiger partial charge in [0.05, 0.1) is 12.2 Å². The number of anilines is 1. The lowest BCUT2D eigenvalue weighted by Crippen LogP contribution is -2.51. The molecule has 32 heavy (non-hydrogen) atoms. The van der Waals surface area contributed by atoms with Crippen LogP contribution in [0.15, 0.2) is 73.1 Å². The fourth-order valence-corrected chi connectivity index (χ4v) is 3.12. The number of nitrogens with one attached hydrogen (secondary N) is 3. The third kappa shape index (κ3) is 6.04. The summed E-state index contributed by atoms with van der Waals surface area (Å²) in [7, 11) is 0. The average Bonchev–Trinajstić information content (AvgIpc) is 3.36. The molecule has 166 valence electrons. The molecule has 3 amide bonds. The summed E-state index contributed by atoms with van der Waals surface area (Å²) in [5.41, 5.74) is 1.95. The minimum absolute atomic E-state index is 0.0967. The van der Waals surface area contributed by atoms with E-state index in [4.69, 9.17) is 0 Å². The van der Waals surface area contributed by atoms with Crippen LogP contribution in [0.3, 0.4) is 0 Å². The quantitative estimate of drug-likeness (QED) is 0.483. The maximum absolute atomic E-state index is 12.7. The van der Waals surface area contributed by atoms with Gasteiger partial charge in [0.1, 0.15) is 6.04 Å². The molecule has 3 rings (SSSR count). The van der Waals surface area contributed by atoms with Gasteiger partial charge in [0.2, 0.25) is 11.8 Å². The highest BCUT2D eigenvalue weighted by Gasteiger charge is 2.26. The summed E-state index contributed by atoms with van der Waals surface area (Å²) in [5.74, 6) is -1.18. The molecule has 0 saturated heterocycles. The van der Waals surface area contributed by atoms with Crippen molar-refractivity contribution >= 4 is 23.4 Å². The SMILES string of the molecule is CCC(C)C(NC(=O)c1ccccc1)C(=O)NCC(=O)Nc1ccc(-n2cccn2)cc1. The van der Waals surface area contributed by atoms with Crippen molar-refractivity contribution in [3.05, 3.63) is 78.6 Å².